The molecular formula is C20H43O5P. The summed E-state index contributed by atoms with van der Waals surface area (Å²) in [6, 6.07) is 0. The number of hydrogen-bond acceptors (Lipinski definition) is 5. The molecule has 0 fully saturated rings. The summed E-state index contributed by atoms with van der Waals surface area (Å²) in [7, 11) is 0. The predicted molar refractivity (Wildman–Crippen MR) is 111 cm³/mol. The van der Waals surface area contributed by atoms with Crippen molar-refractivity contribution in [1.82, 2.24) is 0 Å². The zero-order chi connectivity index (χ0) is 20.1. The van der Waals surface area contributed by atoms with Crippen LogP contribution in [-0.4, -0.2) is 64.8 Å². The molecule has 3 N–H and O–H groups in total. The van der Waals surface area contributed by atoms with Crippen LogP contribution in [0.15, 0.2) is 0 Å². The van der Waals surface area contributed by atoms with Crippen LogP contribution in [0.1, 0.15) is 79.1 Å². The fourth-order valence-corrected chi connectivity index (χ4v) is 10.4. The molecule has 26 heavy (non-hydrogen) atoms. The summed E-state index contributed by atoms with van der Waals surface area (Å²) in [5.74, 6) is -0.747. The summed E-state index contributed by atoms with van der Waals surface area (Å²) >= 11 is 0. The van der Waals surface area contributed by atoms with Crippen LogP contribution in [0.5, 0.6) is 0 Å². The average Bonchev–Trinajstić information content (AvgIpc) is 2.66. The van der Waals surface area contributed by atoms with Gasteiger partial charge < -0.3 is 0 Å². The Labute approximate surface area is 160 Å². The molecule has 5 nitrogen and oxygen atoms in total. The van der Waals surface area contributed by atoms with E-state index in [4.69, 9.17) is 9.63 Å². The molecule has 0 aliphatic heterocycles. The molecule has 0 spiro atoms. The molecule has 0 bridgehead atoms. The normalized spacial score (nSPS) is 15.9. The Morgan fingerprint density at radius 3 is 1.42 bits per heavy atom. The number of carbonyl (C=O) groups is 1. The van der Waals surface area contributed by atoms with Crippen LogP contribution in [0, 0.1) is 0 Å². The molecule has 0 unspecified atom stereocenters. The van der Waals surface area contributed by atoms with E-state index >= 15 is 0 Å². The summed E-state index contributed by atoms with van der Waals surface area (Å²) in [5.41, 5.74) is 0. The summed E-state index contributed by atoms with van der Waals surface area (Å²) in [6.07, 6.45) is 8.72. The van der Waals surface area contributed by atoms with Gasteiger partial charge in [0, 0.05) is 0 Å². The zero-order valence-electron chi connectivity index (χ0n) is 17.5. The van der Waals surface area contributed by atoms with E-state index in [2.05, 4.69) is 27.7 Å². The molecule has 0 aliphatic carbocycles. The van der Waals surface area contributed by atoms with Gasteiger partial charge in [-0.05, 0) is 0 Å². The molecule has 0 aromatic heterocycles. The van der Waals surface area contributed by atoms with Crippen LogP contribution in [0.2, 0.25) is 0 Å². The van der Waals surface area contributed by atoms with Gasteiger partial charge in [-0.2, -0.15) is 0 Å². The third-order valence-corrected chi connectivity index (χ3v) is 11.9. The number of unbranched alkanes of at least 4 members (excludes halogenated alkanes) is 4. The van der Waals surface area contributed by atoms with Crippen LogP contribution in [0.25, 0.3) is 0 Å². The summed E-state index contributed by atoms with van der Waals surface area (Å²) in [5, 5.41) is 28.9. The van der Waals surface area contributed by atoms with Crippen molar-refractivity contribution in [2.45, 2.75) is 91.3 Å². The molecular weight excluding hydrogens is 351 g/mol. The third kappa shape index (κ3) is 7.80. The van der Waals surface area contributed by atoms with E-state index in [0.29, 0.717) is 0 Å². The van der Waals surface area contributed by atoms with Crippen molar-refractivity contribution in [1.29, 1.82) is 0 Å². The van der Waals surface area contributed by atoms with Crippen LogP contribution in [0.4, 0.5) is 0 Å². The van der Waals surface area contributed by atoms with Gasteiger partial charge in [-0.1, -0.05) is 0 Å². The molecule has 0 saturated heterocycles. The van der Waals surface area contributed by atoms with E-state index in [1.54, 1.807) is 0 Å². The summed E-state index contributed by atoms with van der Waals surface area (Å²) in [4.78, 5) is 12.7. The van der Waals surface area contributed by atoms with Gasteiger partial charge in [0.2, 0.25) is 0 Å². The zero-order valence-corrected chi connectivity index (χ0v) is 18.3. The van der Waals surface area contributed by atoms with Crippen molar-refractivity contribution in [3.8, 4) is 0 Å². The Hall–Kier alpha value is -0.220. The van der Waals surface area contributed by atoms with Crippen molar-refractivity contribution < 1.29 is 24.6 Å². The standard InChI is InChI=1S/C20H43O5P/c1-5-9-13-26(14-10-6-2,15-11-7-3,16-12-8-4)25-20(24)19(23)18(22)17-21/h18-19,21-23H,5-17H2,1-4H3/t18-,19-/m0/s1. The molecule has 6 heteroatoms. The van der Waals surface area contributed by atoms with E-state index in [9.17, 15) is 15.0 Å². The van der Waals surface area contributed by atoms with E-state index in [1.807, 2.05) is 0 Å². The van der Waals surface area contributed by atoms with Crippen LogP contribution in [0.3, 0.4) is 0 Å². The number of carbonyl (C=O) groups excluding carboxylic acids is 1. The Morgan fingerprint density at radius 1 is 0.808 bits per heavy atom. The number of hydrogen-bond donors (Lipinski definition) is 3. The summed E-state index contributed by atoms with van der Waals surface area (Å²) in [6.45, 7) is 5.13. The van der Waals surface area contributed by atoms with E-state index in [0.717, 1.165) is 76.0 Å². The molecule has 158 valence electrons. The fraction of sp³-hybridized carbons (Fsp3) is 0.950. The van der Waals surface area contributed by atoms with Gasteiger partial charge in [0.25, 0.3) is 0 Å². The molecule has 0 aromatic carbocycles. The SMILES string of the molecule is CCCCP(CCCC)(CCCC)(CCCC)OC(=O)[C@@H](O)[C@@H](O)CO. The topological polar surface area (TPSA) is 87.0 Å². The second-order valence-corrected chi connectivity index (χ2v) is 13.5. The number of aliphatic hydroxyl groups excluding tert-OH is 3. The van der Waals surface area contributed by atoms with Gasteiger partial charge in [0.15, 0.2) is 0 Å². The Morgan fingerprint density at radius 2 is 1.15 bits per heavy atom. The monoisotopic (exact) mass is 394 g/mol. The van der Waals surface area contributed by atoms with Gasteiger partial charge in [-0.3, -0.25) is 0 Å². The van der Waals surface area contributed by atoms with Crippen molar-refractivity contribution in [3.63, 3.8) is 0 Å². The molecule has 0 saturated carbocycles. The Balaban J connectivity index is 5.86. The first kappa shape index (κ1) is 25.8. The van der Waals surface area contributed by atoms with Gasteiger partial charge in [-0.15, -0.1) is 0 Å². The van der Waals surface area contributed by atoms with Crippen molar-refractivity contribution in [3.05, 3.63) is 0 Å². The van der Waals surface area contributed by atoms with Gasteiger partial charge in [0.05, 0.1) is 0 Å². The first-order valence-electron chi connectivity index (χ1n) is 10.5. The first-order valence-corrected chi connectivity index (χ1v) is 13.4. The van der Waals surface area contributed by atoms with Crippen molar-refractivity contribution in [2.75, 3.05) is 31.3 Å². The van der Waals surface area contributed by atoms with Gasteiger partial charge >= 0.3 is 160 Å². The molecule has 0 heterocycles. The van der Waals surface area contributed by atoms with Crippen LogP contribution in [-0.2, 0) is 9.32 Å². The minimum absolute atomic E-state index is 0.653. The molecule has 0 amide bonds. The molecule has 0 aliphatic rings. The average molecular weight is 395 g/mol. The number of aliphatic hydroxyl groups is 3. The quantitative estimate of drug-likeness (QED) is 0.346. The molecule has 2 atom stereocenters. The minimum atomic E-state index is -2.81. The Bertz CT molecular complexity index is 345. The van der Waals surface area contributed by atoms with E-state index in [-0.39, 0.29) is 0 Å². The summed E-state index contributed by atoms with van der Waals surface area (Å²) < 4.78 is 6.29. The molecule has 0 radical (unpaired) electrons. The second-order valence-electron chi connectivity index (χ2n) is 7.77. The van der Waals surface area contributed by atoms with Crippen molar-refractivity contribution >= 4 is 12.8 Å². The maximum absolute atomic E-state index is 12.7. The Kier molecular flexibility index (Phi) is 12.9. The molecule has 0 rings (SSSR count). The van der Waals surface area contributed by atoms with E-state index in [1.165, 1.54) is 0 Å². The second kappa shape index (κ2) is 13.0. The fourth-order valence-electron chi connectivity index (χ4n) is 3.65. The number of rotatable bonds is 16. The van der Waals surface area contributed by atoms with Gasteiger partial charge in [-0.25, -0.2) is 0 Å². The first-order chi connectivity index (χ1) is 12.3. The maximum atomic E-state index is 12.7. The van der Waals surface area contributed by atoms with E-state index < -0.39 is 31.6 Å². The van der Waals surface area contributed by atoms with Crippen LogP contribution < -0.4 is 0 Å². The predicted octanol–water partition coefficient (Wildman–Crippen LogP) is 3.91. The molecule has 0 aromatic rings. The van der Waals surface area contributed by atoms with Gasteiger partial charge in [0.1, 0.15) is 0 Å². The third-order valence-electron chi connectivity index (χ3n) is 5.45. The van der Waals surface area contributed by atoms with Crippen LogP contribution >= 0.6 is 6.83 Å². The van der Waals surface area contributed by atoms with Crippen molar-refractivity contribution in [2.24, 2.45) is 0 Å².